The van der Waals surface area contributed by atoms with Crippen LogP contribution in [0, 0.1) is 6.92 Å². The molecule has 0 bridgehead atoms. The first-order valence-electron chi connectivity index (χ1n) is 8.39. The molecule has 0 aromatic heterocycles. The monoisotopic (exact) mass is 350 g/mol. The molecule has 25 heavy (non-hydrogen) atoms. The van der Waals surface area contributed by atoms with E-state index in [9.17, 15) is 4.79 Å². The van der Waals surface area contributed by atoms with Gasteiger partial charge >= 0.3 is 5.97 Å². The quantitative estimate of drug-likeness (QED) is 0.552. The van der Waals surface area contributed by atoms with Crippen molar-refractivity contribution in [2.45, 2.75) is 35.0 Å². The van der Waals surface area contributed by atoms with Gasteiger partial charge in [-0.3, -0.25) is 4.79 Å². The zero-order chi connectivity index (χ0) is 17.7. The third-order valence-corrected chi connectivity index (χ3v) is 7.25. The second-order valence-electron chi connectivity index (χ2n) is 5.80. The highest BCUT2D eigenvalue weighted by Gasteiger charge is 2.35. The summed E-state index contributed by atoms with van der Waals surface area (Å²) >= 11 is 0. The Balaban J connectivity index is 2.30. The number of benzene rings is 3. The predicted octanol–water partition coefficient (Wildman–Crippen LogP) is 6.14. The Hall–Kier alpha value is -2.52. The average Bonchev–Trinajstić information content (AvgIpc) is 2.68. The van der Waals surface area contributed by atoms with Crippen molar-refractivity contribution in [3.8, 4) is 0 Å². The molecule has 3 rings (SSSR count). The molecule has 3 heteroatoms. The van der Waals surface area contributed by atoms with Crippen LogP contribution in [-0.4, -0.2) is 5.97 Å². The van der Waals surface area contributed by atoms with Crippen LogP contribution in [0.3, 0.4) is 0 Å². The second-order valence-corrected chi connectivity index (χ2v) is 8.50. The highest BCUT2D eigenvalue weighted by molar-refractivity contribution is 8.30. The van der Waals surface area contributed by atoms with Crippen molar-refractivity contribution >= 4 is 16.3 Å². The fourth-order valence-electron chi connectivity index (χ4n) is 2.71. The van der Waals surface area contributed by atoms with Crippen molar-refractivity contribution in [2.75, 3.05) is 0 Å². The minimum Gasteiger partial charge on any atom is -0.402 e. The summed E-state index contributed by atoms with van der Waals surface area (Å²) in [4.78, 5) is 15.5. The Bertz CT molecular complexity index is 787. The van der Waals surface area contributed by atoms with Crippen molar-refractivity contribution in [3.05, 3.63) is 90.5 Å². The van der Waals surface area contributed by atoms with Crippen LogP contribution in [0.5, 0.6) is 0 Å². The Morgan fingerprint density at radius 3 is 1.64 bits per heavy atom. The lowest BCUT2D eigenvalue weighted by Gasteiger charge is -2.39. The predicted molar refractivity (Wildman–Crippen MR) is 103 cm³/mol. The Morgan fingerprint density at radius 2 is 1.20 bits per heavy atom. The van der Waals surface area contributed by atoms with Gasteiger partial charge in [0.1, 0.15) is 0 Å². The molecule has 2 nitrogen and oxygen atoms in total. The number of carbonyl (C=O) groups is 1. The van der Waals surface area contributed by atoms with Gasteiger partial charge in [-0.15, -0.1) is 0 Å². The summed E-state index contributed by atoms with van der Waals surface area (Å²) < 4.78 is 6.23. The van der Waals surface area contributed by atoms with Crippen LogP contribution in [0.15, 0.2) is 99.6 Å². The lowest BCUT2D eigenvalue weighted by molar-refractivity contribution is -0.133. The molecule has 0 aliphatic heterocycles. The van der Waals surface area contributed by atoms with E-state index in [1.807, 2.05) is 67.6 Å². The molecule has 0 saturated carbocycles. The van der Waals surface area contributed by atoms with E-state index >= 15 is 0 Å². The molecule has 0 aliphatic carbocycles. The maximum Gasteiger partial charge on any atom is 0.316 e. The van der Waals surface area contributed by atoms with E-state index in [0.29, 0.717) is 6.42 Å². The van der Waals surface area contributed by atoms with Crippen LogP contribution in [0.1, 0.15) is 18.9 Å². The molecule has 0 N–H and O–H groups in total. The van der Waals surface area contributed by atoms with Gasteiger partial charge < -0.3 is 4.18 Å². The summed E-state index contributed by atoms with van der Waals surface area (Å²) in [6.45, 7) is 3.89. The Labute approximate surface area is 151 Å². The topological polar surface area (TPSA) is 26.3 Å². The third-order valence-electron chi connectivity index (χ3n) is 4.01. The SMILES string of the molecule is CCC(=O)OS(c1ccccc1)(c1ccccc1)c1ccc(C)cc1. The number of aryl methyl sites for hydroxylation is 1. The number of hydrogen-bond acceptors (Lipinski definition) is 2. The molecular formula is C22H22O2S. The number of carbonyl (C=O) groups excluding carboxylic acids is 1. The maximum absolute atomic E-state index is 12.4. The van der Waals surface area contributed by atoms with Gasteiger partial charge in [0.15, 0.2) is 0 Å². The van der Waals surface area contributed by atoms with Crippen molar-refractivity contribution < 1.29 is 8.98 Å². The van der Waals surface area contributed by atoms with Gasteiger partial charge in [0.05, 0.1) is 0 Å². The van der Waals surface area contributed by atoms with Crippen molar-refractivity contribution in [2.24, 2.45) is 0 Å². The fraction of sp³-hybridized carbons (Fsp3) is 0.136. The summed E-state index contributed by atoms with van der Waals surface area (Å²) in [5, 5.41) is 0. The molecule has 128 valence electrons. The van der Waals surface area contributed by atoms with Gasteiger partial charge in [0.2, 0.25) is 0 Å². The molecule has 0 unspecified atom stereocenters. The molecule has 0 heterocycles. The van der Waals surface area contributed by atoms with Gasteiger partial charge in [-0.1, -0.05) is 61.0 Å². The van der Waals surface area contributed by atoms with E-state index in [-0.39, 0.29) is 5.97 Å². The summed E-state index contributed by atoms with van der Waals surface area (Å²) in [5.41, 5.74) is 1.18. The molecule has 3 aromatic rings. The minimum absolute atomic E-state index is 0.191. The summed E-state index contributed by atoms with van der Waals surface area (Å²) in [6.07, 6.45) is 0.347. The van der Waals surface area contributed by atoms with E-state index < -0.39 is 10.3 Å². The summed E-state index contributed by atoms with van der Waals surface area (Å²) in [7, 11) is -2.11. The summed E-state index contributed by atoms with van der Waals surface area (Å²) in [6, 6.07) is 28.4. The smallest absolute Gasteiger partial charge is 0.316 e. The van der Waals surface area contributed by atoms with Crippen molar-refractivity contribution in [1.82, 2.24) is 0 Å². The maximum atomic E-state index is 12.4. The molecule has 0 atom stereocenters. The van der Waals surface area contributed by atoms with Gasteiger partial charge in [0.25, 0.3) is 0 Å². The largest absolute Gasteiger partial charge is 0.402 e. The lowest BCUT2D eigenvalue weighted by atomic mass is 10.2. The zero-order valence-corrected chi connectivity index (χ0v) is 15.3. The fourth-order valence-corrected chi connectivity index (χ4v) is 5.81. The molecule has 3 aromatic carbocycles. The third kappa shape index (κ3) is 3.47. The van der Waals surface area contributed by atoms with Crippen molar-refractivity contribution in [3.63, 3.8) is 0 Å². The van der Waals surface area contributed by atoms with E-state index in [2.05, 4.69) is 31.2 Å². The van der Waals surface area contributed by atoms with Gasteiger partial charge in [-0.2, -0.15) is 0 Å². The average molecular weight is 350 g/mol. The Kier molecular flexibility index (Phi) is 5.25. The zero-order valence-electron chi connectivity index (χ0n) is 14.5. The van der Waals surface area contributed by atoms with E-state index in [0.717, 1.165) is 14.7 Å². The molecular weight excluding hydrogens is 328 g/mol. The first kappa shape index (κ1) is 17.3. The molecule has 0 aliphatic rings. The molecule has 0 fully saturated rings. The highest BCUT2D eigenvalue weighted by atomic mass is 32.3. The van der Waals surface area contributed by atoms with Crippen LogP contribution < -0.4 is 0 Å². The first-order chi connectivity index (χ1) is 12.2. The normalized spacial score (nSPS) is 11.8. The first-order valence-corrected chi connectivity index (χ1v) is 9.95. The summed E-state index contributed by atoms with van der Waals surface area (Å²) in [5.74, 6) is -0.191. The number of hydrogen-bond donors (Lipinski definition) is 0. The molecule has 0 radical (unpaired) electrons. The second kappa shape index (κ2) is 7.58. The number of rotatable bonds is 5. The van der Waals surface area contributed by atoms with Crippen molar-refractivity contribution in [1.29, 1.82) is 0 Å². The van der Waals surface area contributed by atoms with E-state index in [4.69, 9.17) is 4.18 Å². The Morgan fingerprint density at radius 1 is 0.760 bits per heavy atom. The molecule has 0 amide bonds. The van der Waals surface area contributed by atoms with Crippen LogP contribution in [0.4, 0.5) is 0 Å². The van der Waals surface area contributed by atoms with Crippen LogP contribution >= 0.6 is 10.3 Å². The standard InChI is InChI=1S/C22H22O2S/c1-3-22(23)24-25(19-10-6-4-7-11-19,20-12-8-5-9-13-20)21-16-14-18(2)15-17-21/h4-17H,3H2,1-2H3. The lowest BCUT2D eigenvalue weighted by Crippen LogP contribution is -2.12. The van der Waals surface area contributed by atoms with Gasteiger partial charge in [0, 0.05) is 21.1 Å². The van der Waals surface area contributed by atoms with E-state index in [1.54, 1.807) is 0 Å². The minimum atomic E-state index is -2.11. The van der Waals surface area contributed by atoms with Gasteiger partial charge in [-0.25, -0.2) is 0 Å². The molecule has 0 spiro atoms. The van der Waals surface area contributed by atoms with Crippen LogP contribution in [0.25, 0.3) is 0 Å². The highest BCUT2D eigenvalue weighted by Crippen LogP contribution is 2.69. The molecule has 0 saturated heterocycles. The van der Waals surface area contributed by atoms with Crippen LogP contribution in [-0.2, 0) is 8.98 Å². The van der Waals surface area contributed by atoms with E-state index in [1.165, 1.54) is 5.56 Å². The van der Waals surface area contributed by atoms with Crippen LogP contribution in [0.2, 0.25) is 0 Å². The van der Waals surface area contributed by atoms with Gasteiger partial charge in [-0.05, 0) is 53.6 Å².